The van der Waals surface area contributed by atoms with Crippen LogP contribution in [-0.2, 0) is 9.59 Å². The molecule has 0 aromatic heterocycles. The molecular weight excluding hydrogens is 292 g/mol. The second-order valence-corrected chi connectivity index (χ2v) is 4.72. The lowest BCUT2D eigenvalue weighted by Crippen LogP contribution is -2.15. The van der Waals surface area contributed by atoms with E-state index < -0.39 is 18.0 Å². The molecule has 0 amide bonds. The average molecular weight is 324 g/mol. The lowest BCUT2D eigenvalue weighted by atomic mass is 10.2. The molecule has 0 rings (SSSR count). The minimum Gasteiger partial charge on any atom is -0.481 e. The predicted octanol–water partition coefficient (Wildman–Crippen LogP) is 1.63. The summed E-state index contributed by atoms with van der Waals surface area (Å²) in [6.45, 7) is 3.39. The van der Waals surface area contributed by atoms with Crippen LogP contribution in [0.3, 0.4) is 0 Å². The van der Waals surface area contributed by atoms with E-state index in [4.69, 9.17) is 25.5 Å². The molecule has 0 atom stereocenters. The third-order valence-electron chi connectivity index (χ3n) is 2.41. The summed E-state index contributed by atoms with van der Waals surface area (Å²) in [5, 5.41) is 40.3. The van der Waals surface area contributed by atoms with E-state index in [2.05, 4.69) is 13.8 Å². The number of unbranched alkanes of at least 4 members (excludes halogenated alkanes) is 4. The first-order valence-corrected chi connectivity index (χ1v) is 7.68. The summed E-state index contributed by atoms with van der Waals surface area (Å²) >= 11 is 0. The van der Waals surface area contributed by atoms with Crippen LogP contribution >= 0.6 is 0 Å². The zero-order chi connectivity index (χ0) is 17.8. The molecule has 0 bridgehead atoms. The summed E-state index contributed by atoms with van der Waals surface area (Å²) in [5.74, 6) is -1.36. The van der Waals surface area contributed by atoms with Crippen molar-refractivity contribution in [2.45, 2.75) is 71.3 Å². The van der Waals surface area contributed by atoms with Crippen LogP contribution < -0.4 is 0 Å². The van der Waals surface area contributed by atoms with Crippen LogP contribution in [0, 0.1) is 0 Å². The Morgan fingerprint density at radius 1 is 0.773 bits per heavy atom. The van der Waals surface area contributed by atoms with Gasteiger partial charge in [0.1, 0.15) is 6.10 Å². The standard InChI is InChI=1S/2C6H12O2.C3H8O3/c2*1-2-3-4-5-6(7)8;4-1-3(6)2-5/h2*2-5H2,1H3,(H,7,8);3-6H,1-2H2. The van der Waals surface area contributed by atoms with E-state index in [0.717, 1.165) is 38.5 Å². The summed E-state index contributed by atoms with van der Waals surface area (Å²) in [7, 11) is 0. The van der Waals surface area contributed by atoms with Crippen LogP contribution in [0.1, 0.15) is 65.2 Å². The van der Waals surface area contributed by atoms with Gasteiger partial charge in [-0.3, -0.25) is 9.59 Å². The van der Waals surface area contributed by atoms with Crippen molar-refractivity contribution in [3.63, 3.8) is 0 Å². The molecule has 134 valence electrons. The van der Waals surface area contributed by atoms with Crippen LogP contribution in [0.15, 0.2) is 0 Å². The first kappa shape index (κ1) is 25.8. The maximum Gasteiger partial charge on any atom is 0.303 e. The average Bonchev–Trinajstić information content (AvgIpc) is 2.47. The Bertz CT molecular complexity index is 220. The number of aliphatic hydroxyl groups excluding tert-OH is 3. The molecule has 0 aromatic carbocycles. The Hall–Kier alpha value is -1.18. The molecule has 5 N–H and O–H groups in total. The summed E-state index contributed by atoms with van der Waals surface area (Å²) in [5.41, 5.74) is 0. The molecular formula is C15H32O7. The van der Waals surface area contributed by atoms with Gasteiger partial charge >= 0.3 is 11.9 Å². The zero-order valence-electron chi connectivity index (χ0n) is 13.7. The van der Waals surface area contributed by atoms with Crippen molar-refractivity contribution >= 4 is 11.9 Å². The molecule has 0 aliphatic rings. The molecule has 0 aliphatic heterocycles. The maximum absolute atomic E-state index is 9.87. The fourth-order valence-corrected chi connectivity index (χ4v) is 1.11. The Morgan fingerprint density at radius 3 is 1.23 bits per heavy atom. The van der Waals surface area contributed by atoms with E-state index in [-0.39, 0.29) is 13.2 Å². The van der Waals surface area contributed by atoms with Gasteiger partial charge < -0.3 is 25.5 Å². The van der Waals surface area contributed by atoms with Gasteiger partial charge in [0.25, 0.3) is 0 Å². The van der Waals surface area contributed by atoms with Gasteiger partial charge in [-0.15, -0.1) is 0 Å². The zero-order valence-corrected chi connectivity index (χ0v) is 13.7. The van der Waals surface area contributed by atoms with Gasteiger partial charge in [0.15, 0.2) is 0 Å². The summed E-state index contributed by atoms with van der Waals surface area (Å²) in [6, 6.07) is 0. The molecule has 7 heteroatoms. The third kappa shape index (κ3) is 36.4. The van der Waals surface area contributed by atoms with Gasteiger partial charge in [-0.05, 0) is 12.8 Å². The second-order valence-electron chi connectivity index (χ2n) is 4.72. The summed E-state index contributed by atoms with van der Waals surface area (Å²) in [4.78, 5) is 19.7. The van der Waals surface area contributed by atoms with E-state index in [1.165, 1.54) is 0 Å². The molecule has 0 unspecified atom stereocenters. The molecule has 7 nitrogen and oxygen atoms in total. The highest BCUT2D eigenvalue weighted by Gasteiger charge is 1.94. The molecule has 0 spiro atoms. The first-order valence-electron chi connectivity index (χ1n) is 7.68. The van der Waals surface area contributed by atoms with Crippen molar-refractivity contribution in [2.24, 2.45) is 0 Å². The fourth-order valence-electron chi connectivity index (χ4n) is 1.11. The molecule has 0 aromatic rings. The Labute approximate surface area is 132 Å². The molecule has 0 radical (unpaired) electrons. The number of hydrogen-bond acceptors (Lipinski definition) is 5. The quantitative estimate of drug-likeness (QED) is 0.385. The van der Waals surface area contributed by atoms with Gasteiger partial charge in [-0.25, -0.2) is 0 Å². The van der Waals surface area contributed by atoms with Crippen LogP contribution in [0.4, 0.5) is 0 Å². The third-order valence-corrected chi connectivity index (χ3v) is 2.41. The van der Waals surface area contributed by atoms with Crippen molar-refractivity contribution in [3.05, 3.63) is 0 Å². The minimum absolute atomic E-state index is 0.327. The number of aliphatic hydroxyl groups is 3. The van der Waals surface area contributed by atoms with E-state index in [0.29, 0.717) is 12.8 Å². The smallest absolute Gasteiger partial charge is 0.303 e. The number of carbonyl (C=O) groups is 2. The van der Waals surface area contributed by atoms with Crippen molar-refractivity contribution in [3.8, 4) is 0 Å². The summed E-state index contributed by atoms with van der Waals surface area (Å²) in [6.07, 6.45) is 5.60. The highest BCUT2D eigenvalue weighted by molar-refractivity contribution is 5.66. The number of aliphatic carboxylic acids is 2. The monoisotopic (exact) mass is 324 g/mol. The van der Waals surface area contributed by atoms with Crippen LogP contribution in [0.2, 0.25) is 0 Å². The van der Waals surface area contributed by atoms with Crippen LogP contribution in [0.5, 0.6) is 0 Å². The fraction of sp³-hybridized carbons (Fsp3) is 0.867. The van der Waals surface area contributed by atoms with Crippen molar-refractivity contribution < 1.29 is 35.1 Å². The van der Waals surface area contributed by atoms with Crippen molar-refractivity contribution in [2.75, 3.05) is 13.2 Å². The maximum atomic E-state index is 9.87. The molecule has 0 saturated carbocycles. The van der Waals surface area contributed by atoms with Gasteiger partial charge in [0.2, 0.25) is 0 Å². The highest BCUT2D eigenvalue weighted by Crippen LogP contribution is 1.97. The largest absolute Gasteiger partial charge is 0.481 e. The Kier molecular flexibility index (Phi) is 25.9. The van der Waals surface area contributed by atoms with Gasteiger partial charge in [-0.2, -0.15) is 0 Å². The lowest BCUT2D eigenvalue weighted by Gasteiger charge is -1.96. The minimum atomic E-state index is -0.954. The Morgan fingerprint density at radius 2 is 1.09 bits per heavy atom. The van der Waals surface area contributed by atoms with Gasteiger partial charge in [0.05, 0.1) is 13.2 Å². The molecule has 0 heterocycles. The lowest BCUT2D eigenvalue weighted by molar-refractivity contribution is -0.138. The first-order chi connectivity index (χ1) is 10.3. The number of rotatable bonds is 10. The second kappa shape index (κ2) is 22.1. The number of carboxylic acid groups (broad SMARTS) is 2. The topological polar surface area (TPSA) is 135 Å². The number of hydrogen-bond donors (Lipinski definition) is 5. The van der Waals surface area contributed by atoms with E-state index in [1.807, 2.05) is 0 Å². The van der Waals surface area contributed by atoms with Gasteiger partial charge in [0, 0.05) is 12.8 Å². The SMILES string of the molecule is CCCCCC(=O)O.CCCCCC(=O)O.OCC(O)CO. The van der Waals surface area contributed by atoms with Crippen molar-refractivity contribution in [1.29, 1.82) is 0 Å². The summed E-state index contributed by atoms with van der Waals surface area (Å²) < 4.78 is 0. The molecule has 22 heavy (non-hydrogen) atoms. The normalized spacial score (nSPS) is 9.36. The van der Waals surface area contributed by atoms with E-state index >= 15 is 0 Å². The molecule has 0 fully saturated rings. The van der Waals surface area contributed by atoms with Gasteiger partial charge in [-0.1, -0.05) is 39.5 Å². The Balaban J connectivity index is -0.000000249. The van der Waals surface area contributed by atoms with Crippen LogP contribution in [0.25, 0.3) is 0 Å². The van der Waals surface area contributed by atoms with Crippen molar-refractivity contribution in [1.82, 2.24) is 0 Å². The van der Waals surface area contributed by atoms with E-state index in [9.17, 15) is 9.59 Å². The van der Waals surface area contributed by atoms with E-state index in [1.54, 1.807) is 0 Å². The molecule has 0 aliphatic carbocycles. The molecule has 0 saturated heterocycles. The number of carboxylic acids is 2. The highest BCUT2D eigenvalue weighted by atomic mass is 16.4. The van der Waals surface area contributed by atoms with Crippen LogP contribution in [-0.4, -0.2) is 56.8 Å². The predicted molar refractivity (Wildman–Crippen MR) is 83.7 cm³/mol.